The van der Waals surface area contributed by atoms with E-state index in [1.807, 2.05) is 0 Å². The zero-order valence-corrected chi connectivity index (χ0v) is 13.1. The molecule has 2 aromatic heterocycles. The monoisotopic (exact) mass is 342 g/mol. The SMILES string of the molecule is Cn1ncc2c(Cl)nc(COc3cccc(Cl)c3Cl)nc21. The molecule has 0 radical (unpaired) electrons. The van der Waals surface area contributed by atoms with Crippen LogP contribution in [0.4, 0.5) is 0 Å². The van der Waals surface area contributed by atoms with Gasteiger partial charge in [0, 0.05) is 7.05 Å². The molecule has 0 aliphatic rings. The molecule has 0 N–H and O–H groups in total. The van der Waals surface area contributed by atoms with Crippen LogP contribution in [0, 0.1) is 0 Å². The van der Waals surface area contributed by atoms with Crippen molar-refractivity contribution in [1.29, 1.82) is 0 Å². The number of hydrogen-bond donors (Lipinski definition) is 0. The minimum atomic E-state index is 0.126. The highest BCUT2D eigenvalue weighted by molar-refractivity contribution is 6.42. The minimum absolute atomic E-state index is 0.126. The lowest BCUT2D eigenvalue weighted by Crippen LogP contribution is -2.04. The van der Waals surface area contributed by atoms with Crippen molar-refractivity contribution in [2.24, 2.45) is 7.05 Å². The summed E-state index contributed by atoms with van der Waals surface area (Å²) in [7, 11) is 1.78. The average molecular weight is 344 g/mol. The van der Waals surface area contributed by atoms with Gasteiger partial charge in [-0.1, -0.05) is 40.9 Å². The third kappa shape index (κ3) is 2.77. The number of benzene rings is 1. The maximum absolute atomic E-state index is 6.11. The molecule has 0 unspecified atom stereocenters. The Bertz CT molecular complexity index is 819. The molecular formula is C13H9Cl3N4O. The first-order valence-electron chi connectivity index (χ1n) is 5.97. The maximum atomic E-state index is 6.11. The fourth-order valence-corrected chi connectivity index (χ4v) is 2.41. The van der Waals surface area contributed by atoms with Gasteiger partial charge in [-0.25, -0.2) is 9.97 Å². The Morgan fingerprint density at radius 3 is 2.81 bits per heavy atom. The van der Waals surface area contributed by atoms with Crippen LogP contribution >= 0.6 is 34.8 Å². The second kappa shape index (κ2) is 5.67. The molecular weight excluding hydrogens is 335 g/mol. The Morgan fingerprint density at radius 2 is 2.00 bits per heavy atom. The lowest BCUT2D eigenvalue weighted by molar-refractivity contribution is 0.296. The highest BCUT2D eigenvalue weighted by Gasteiger charge is 2.11. The van der Waals surface area contributed by atoms with Crippen molar-refractivity contribution in [2.75, 3.05) is 0 Å². The highest BCUT2D eigenvalue weighted by atomic mass is 35.5. The predicted octanol–water partition coefficient (Wildman–Crippen LogP) is 3.90. The Labute approximate surface area is 135 Å². The second-order valence-corrected chi connectivity index (χ2v) is 5.42. The molecule has 0 saturated carbocycles. The summed E-state index contributed by atoms with van der Waals surface area (Å²) in [6.45, 7) is 0.126. The third-order valence-electron chi connectivity index (χ3n) is 2.86. The smallest absolute Gasteiger partial charge is 0.170 e. The molecule has 0 amide bonds. The van der Waals surface area contributed by atoms with E-state index < -0.39 is 0 Å². The number of aromatic nitrogens is 4. The van der Waals surface area contributed by atoms with Gasteiger partial charge in [-0.2, -0.15) is 5.10 Å². The van der Waals surface area contributed by atoms with Gasteiger partial charge in [0.2, 0.25) is 0 Å². The maximum Gasteiger partial charge on any atom is 0.170 e. The minimum Gasteiger partial charge on any atom is -0.484 e. The quantitative estimate of drug-likeness (QED) is 0.677. The van der Waals surface area contributed by atoms with E-state index in [2.05, 4.69) is 15.1 Å². The number of aryl methyl sites for hydroxylation is 1. The average Bonchev–Trinajstić information content (AvgIpc) is 2.83. The molecule has 21 heavy (non-hydrogen) atoms. The van der Waals surface area contributed by atoms with Crippen LogP contribution in [0.25, 0.3) is 11.0 Å². The molecule has 0 bridgehead atoms. The zero-order chi connectivity index (χ0) is 15.0. The molecule has 1 aromatic carbocycles. The van der Waals surface area contributed by atoms with Crippen LogP contribution in [-0.4, -0.2) is 19.7 Å². The molecule has 8 heteroatoms. The Hall–Kier alpha value is -1.56. The molecule has 0 fully saturated rings. The first-order valence-corrected chi connectivity index (χ1v) is 7.10. The van der Waals surface area contributed by atoms with E-state index in [9.17, 15) is 0 Å². The van der Waals surface area contributed by atoms with Gasteiger partial charge in [0.1, 0.15) is 22.5 Å². The largest absolute Gasteiger partial charge is 0.484 e. The lowest BCUT2D eigenvalue weighted by atomic mass is 10.3. The zero-order valence-electron chi connectivity index (χ0n) is 10.8. The molecule has 0 aliphatic heterocycles. The van der Waals surface area contributed by atoms with Gasteiger partial charge in [0.25, 0.3) is 0 Å². The first-order chi connectivity index (χ1) is 10.1. The Kier molecular flexibility index (Phi) is 3.89. The fourth-order valence-electron chi connectivity index (χ4n) is 1.83. The van der Waals surface area contributed by atoms with Crippen LogP contribution in [0.15, 0.2) is 24.4 Å². The summed E-state index contributed by atoms with van der Waals surface area (Å²) in [5.41, 5.74) is 0.644. The van der Waals surface area contributed by atoms with Gasteiger partial charge in [-0.15, -0.1) is 0 Å². The summed E-state index contributed by atoms with van der Waals surface area (Å²) in [6.07, 6.45) is 1.62. The Balaban J connectivity index is 1.88. The van der Waals surface area contributed by atoms with Crippen LogP contribution in [-0.2, 0) is 13.7 Å². The summed E-state index contributed by atoms with van der Waals surface area (Å²) in [6, 6.07) is 5.16. The van der Waals surface area contributed by atoms with E-state index in [1.165, 1.54) is 0 Å². The van der Waals surface area contributed by atoms with Crippen molar-refractivity contribution in [1.82, 2.24) is 19.7 Å². The van der Waals surface area contributed by atoms with Gasteiger partial charge in [-0.3, -0.25) is 4.68 Å². The van der Waals surface area contributed by atoms with Gasteiger partial charge in [-0.05, 0) is 12.1 Å². The van der Waals surface area contributed by atoms with Crippen molar-refractivity contribution >= 4 is 45.8 Å². The molecule has 3 aromatic rings. The summed E-state index contributed by atoms with van der Waals surface area (Å²) < 4.78 is 7.22. The van der Waals surface area contributed by atoms with Crippen LogP contribution in [0.3, 0.4) is 0 Å². The van der Waals surface area contributed by atoms with E-state index >= 15 is 0 Å². The summed E-state index contributed by atoms with van der Waals surface area (Å²) in [5, 5.41) is 5.91. The predicted molar refractivity (Wildman–Crippen MR) is 82.1 cm³/mol. The standard InChI is InChI=1S/C13H9Cl3N4O/c1-20-13-7(5-17-20)12(16)18-10(19-13)6-21-9-4-2-3-8(14)11(9)15/h2-5H,6H2,1H3. The molecule has 0 atom stereocenters. The van der Waals surface area contributed by atoms with E-state index in [0.717, 1.165) is 0 Å². The molecule has 5 nitrogen and oxygen atoms in total. The molecule has 2 heterocycles. The van der Waals surface area contributed by atoms with Crippen molar-refractivity contribution in [3.05, 3.63) is 45.4 Å². The molecule has 0 aliphatic carbocycles. The van der Waals surface area contributed by atoms with Crippen molar-refractivity contribution in [3.63, 3.8) is 0 Å². The second-order valence-electron chi connectivity index (χ2n) is 4.28. The van der Waals surface area contributed by atoms with Crippen molar-refractivity contribution < 1.29 is 4.74 Å². The van der Waals surface area contributed by atoms with E-state index in [4.69, 9.17) is 39.5 Å². The first kappa shape index (κ1) is 14.4. The third-order valence-corrected chi connectivity index (χ3v) is 3.95. The van der Waals surface area contributed by atoms with Gasteiger partial charge < -0.3 is 4.74 Å². The number of nitrogens with zero attached hydrogens (tertiary/aromatic N) is 4. The number of fused-ring (bicyclic) bond motifs is 1. The topological polar surface area (TPSA) is 52.8 Å². The number of ether oxygens (including phenoxy) is 1. The van der Waals surface area contributed by atoms with Crippen LogP contribution in [0.5, 0.6) is 5.75 Å². The molecule has 0 saturated heterocycles. The van der Waals surface area contributed by atoms with E-state index in [-0.39, 0.29) is 6.61 Å². The van der Waals surface area contributed by atoms with Crippen molar-refractivity contribution in [3.8, 4) is 5.75 Å². The number of hydrogen-bond acceptors (Lipinski definition) is 4. The van der Waals surface area contributed by atoms with E-state index in [0.29, 0.717) is 37.8 Å². The lowest BCUT2D eigenvalue weighted by Gasteiger charge is -2.08. The summed E-state index contributed by atoms with van der Waals surface area (Å²) >= 11 is 18.1. The van der Waals surface area contributed by atoms with Gasteiger partial charge in [0.05, 0.1) is 16.6 Å². The molecule has 0 spiro atoms. The fraction of sp³-hybridized carbons (Fsp3) is 0.154. The summed E-state index contributed by atoms with van der Waals surface area (Å²) in [5.74, 6) is 0.904. The Morgan fingerprint density at radius 1 is 1.19 bits per heavy atom. The number of rotatable bonds is 3. The van der Waals surface area contributed by atoms with Crippen LogP contribution in [0.1, 0.15) is 5.82 Å². The van der Waals surface area contributed by atoms with E-state index in [1.54, 1.807) is 36.1 Å². The normalized spacial score (nSPS) is 11.0. The van der Waals surface area contributed by atoms with Gasteiger partial charge in [0.15, 0.2) is 11.5 Å². The highest BCUT2D eigenvalue weighted by Crippen LogP contribution is 2.32. The van der Waals surface area contributed by atoms with Crippen LogP contribution < -0.4 is 4.74 Å². The van der Waals surface area contributed by atoms with Crippen LogP contribution in [0.2, 0.25) is 15.2 Å². The molecule has 108 valence electrons. The number of halogens is 3. The molecule has 3 rings (SSSR count). The van der Waals surface area contributed by atoms with Gasteiger partial charge >= 0.3 is 0 Å². The van der Waals surface area contributed by atoms with Crippen molar-refractivity contribution in [2.45, 2.75) is 6.61 Å². The summed E-state index contributed by atoms with van der Waals surface area (Å²) in [4.78, 5) is 8.55.